The van der Waals surface area contributed by atoms with Crippen LogP contribution in [0.5, 0.6) is 0 Å². The Bertz CT molecular complexity index is 556. The summed E-state index contributed by atoms with van der Waals surface area (Å²) >= 11 is 0. The normalized spacial score (nSPS) is 29.7. The van der Waals surface area contributed by atoms with Crippen LogP contribution in [0, 0.1) is 5.92 Å². The van der Waals surface area contributed by atoms with Crippen LogP contribution >= 0.6 is 0 Å². The largest absolute Gasteiger partial charge is 0.480 e. The summed E-state index contributed by atoms with van der Waals surface area (Å²) in [5, 5.41) is 30.4. The van der Waals surface area contributed by atoms with Gasteiger partial charge in [0, 0.05) is 45.2 Å². The average molecular weight is 364 g/mol. The minimum atomic E-state index is -3.76. The van der Waals surface area contributed by atoms with Crippen molar-refractivity contribution in [2.75, 3.05) is 39.3 Å². The molecule has 2 rings (SSSR count). The molecule has 24 heavy (non-hydrogen) atoms. The number of carbonyl (C=O) groups is 1. The van der Waals surface area contributed by atoms with Crippen molar-refractivity contribution in [1.82, 2.24) is 13.9 Å². The SMILES string of the molecule is N[C@]1(C(=O)O)CN(S(=O)(=O)N2CCNCC2)C[C@H]1CCCB(O)O. The summed E-state index contributed by atoms with van der Waals surface area (Å²) in [6.45, 7) is 1.53. The van der Waals surface area contributed by atoms with E-state index in [1.165, 1.54) is 4.31 Å². The molecule has 10 nitrogen and oxygen atoms in total. The molecule has 12 heteroatoms. The molecular formula is C12H25BN4O6S. The summed E-state index contributed by atoms with van der Waals surface area (Å²) in [5.41, 5.74) is 4.35. The highest BCUT2D eigenvalue weighted by atomic mass is 32.2. The Hall–Kier alpha value is -0.755. The topological polar surface area (TPSA) is 156 Å². The molecule has 0 aromatic carbocycles. The molecule has 0 saturated carbocycles. The van der Waals surface area contributed by atoms with Crippen LogP contribution in [0.15, 0.2) is 0 Å². The standard InChI is InChI=1S/C12H25BN4O6S/c14-12(11(18)19)9-17(8-10(12)2-1-3-13(20)21)24(22,23)16-6-4-15-5-7-16/h10,15,20-21H,1-9,14H2,(H,18,19)/t10-,12-/m1/s1. The monoisotopic (exact) mass is 364 g/mol. The van der Waals surface area contributed by atoms with E-state index in [9.17, 15) is 18.3 Å². The molecule has 2 saturated heterocycles. The number of rotatable bonds is 7. The van der Waals surface area contributed by atoms with Crippen molar-refractivity contribution in [1.29, 1.82) is 0 Å². The molecule has 138 valence electrons. The minimum Gasteiger partial charge on any atom is -0.480 e. The lowest BCUT2D eigenvalue weighted by molar-refractivity contribution is -0.144. The van der Waals surface area contributed by atoms with Crippen LogP contribution < -0.4 is 11.1 Å². The fourth-order valence-electron chi connectivity index (χ4n) is 3.25. The number of aliphatic carboxylic acids is 1. The molecular weight excluding hydrogens is 339 g/mol. The van der Waals surface area contributed by atoms with E-state index in [0.29, 0.717) is 39.0 Å². The van der Waals surface area contributed by atoms with E-state index in [1.54, 1.807) is 0 Å². The first kappa shape index (κ1) is 19.6. The van der Waals surface area contributed by atoms with Gasteiger partial charge in [0.05, 0.1) is 0 Å². The smallest absolute Gasteiger partial charge is 0.451 e. The van der Waals surface area contributed by atoms with Crippen molar-refractivity contribution in [3.63, 3.8) is 0 Å². The van der Waals surface area contributed by atoms with Crippen LogP contribution in [-0.2, 0) is 15.0 Å². The maximum absolute atomic E-state index is 12.7. The van der Waals surface area contributed by atoms with Crippen LogP contribution in [-0.4, -0.2) is 90.1 Å². The summed E-state index contributed by atoms with van der Waals surface area (Å²) in [5.74, 6) is -1.82. The van der Waals surface area contributed by atoms with Gasteiger partial charge in [-0.2, -0.15) is 17.0 Å². The maximum atomic E-state index is 12.7. The number of piperazine rings is 1. The predicted octanol–water partition coefficient (Wildman–Crippen LogP) is -2.90. The molecule has 0 aliphatic carbocycles. The number of hydrogen-bond donors (Lipinski definition) is 5. The first-order chi connectivity index (χ1) is 11.2. The highest BCUT2D eigenvalue weighted by Gasteiger charge is 2.53. The van der Waals surface area contributed by atoms with E-state index in [1.807, 2.05) is 0 Å². The van der Waals surface area contributed by atoms with Crippen LogP contribution in [0.1, 0.15) is 12.8 Å². The Morgan fingerprint density at radius 3 is 2.46 bits per heavy atom. The van der Waals surface area contributed by atoms with Gasteiger partial charge in [-0.25, -0.2) is 0 Å². The Morgan fingerprint density at radius 1 is 1.29 bits per heavy atom. The van der Waals surface area contributed by atoms with Crippen LogP contribution in [0.4, 0.5) is 0 Å². The molecule has 0 bridgehead atoms. The second kappa shape index (κ2) is 7.64. The van der Waals surface area contributed by atoms with Gasteiger partial charge >= 0.3 is 13.1 Å². The molecule has 2 aliphatic rings. The van der Waals surface area contributed by atoms with E-state index in [4.69, 9.17) is 15.8 Å². The quantitative estimate of drug-likeness (QED) is 0.301. The number of nitrogens with one attached hydrogen (secondary N) is 1. The summed E-state index contributed by atoms with van der Waals surface area (Å²) < 4.78 is 27.9. The van der Waals surface area contributed by atoms with Crippen molar-refractivity contribution in [3.8, 4) is 0 Å². The van der Waals surface area contributed by atoms with Crippen molar-refractivity contribution in [2.24, 2.45) is 11.7 Å². The van der Waals surface area contributed by atoms with Crippen molar-refractivity contribution in [3.05, 3.63) is 0 Å². The highest BCUT2D eigenvalue weighted by molar-refractivity contribution is 7.86. The molecule has 0 unspecified atom stereocenters. The summed E-state index contributed by atoms with van der Waals surface area (Å²) in [6, 6.07) is 0. The van der Waals surface area contributed by atoms with Crippen LogP contribution in [0.25, 0.3) is 0 Å². The first-order valence-corrected chi connectivity index (χ1v) is 9.42. The summed E-state index contributed by atoms with van der Waals surface area (Å²) in [7, 11) is -5.22. The van der Waals surface area contributed by atoms with Gasteiger partial charge in [0.25, 0.3) is 10.2 Å². The zero-order valence-electron chi connectivity index (χ0n) is 13.5. The van der Waals surface area contributed by atoms with Gasteiger partial charge in [-0.1, -0.05) is 6.42 Å². The second-order valence-electron chi connectivity index (χ2n) is 6.40. The maximum Gasteiger partial charge on any atom is 0.451 e. The third-order valence-electron chi connectivity index (χ3n) is 4.73. The lowest BCUT2D eigenvalue weighted by atomic mass is 9.78. The number of carboxylic acid groups (broad SMARTS) is 1. The Labute approximate surface area is 141 Å². The molecule has 0 spiro atoms. The molecule has 0 aromatic heterocycles. The zero-order valence-corrected chi connectivity index (χ0v) is 14.3. The molecule has 2 heterocycles. The first-order valence-electron chi connectivity index (χ1n) is 8.02. The number of nitrogens with two attached hydrogens (primary N) is 1. The fourth-order valence-corrected chi connectivity index (χ4v) is 4.96. The van der Waals surface area contributed by atoms with E-state index in [-0.39, 0.29) is 19.4 Å². The second-order valence-corrected chi connectivity index (χ2v) is 8.33. The highest BCUT2D eigenvalue weighted by Crippen LogP contribution is 2.33. The summed E-state index contributed by atoms with van der Waals surface area (Å²) in [6.07, 6.45) is 0.765. The Kier molecular flexibility index (Phi) is 6.23. The van der Waals surface area contributed by atoms with Gasteiger partial charge in [0.2, 0.25) is 0 Å². The van der Waals surface area contributed by atoms with E-state index < -0.39 is 34.8 Å². The number of carboxylic acids is 1. The molecule has 0 amide bonds. The van der Waals surface area contributed by atoms with Gasteiger partial charge in [0.15, 0.2) is 0 Å². The molecule has 2 fully saturated rings. The van der Waals surface area contributed by atoms with Crippen LogP contribution in [0.2, 0.25) is 6.32 Å². The average Bonchev–Trinajstić information content (AvgIpc) is 2.87. The minimum absolute atomic E-state index is 0.0244. The van der Waals surface area contributed by atoms with Crippen molar-refractivity contribution < 1.29 is 28.4 Å². The molecule has 2 aliphatic heterocycles. The number of nitrogens with zero attached hydrogens (tertiary/aromatic N) is 2. The number of hydrogen-bond acceptors (Lipinski definition) is 7. The van der Waals surface area contributed by atoms with Crippen molar-refractivity contribution >= 4 is 23.3 Å². The van der Waals surface area contributed by atoms with Gasteiger partial charge < -0.3 is 26.2 Å². The Balaban J connectivity index is 2.11. The predicted molar refractivity (Wildman–Crippen MR) is 87.2 cm³/mol. The zero-order chi connectivity index (χ0) is 18.0. The summed E-state index contributed by atoms with van der Waals surface area (Å²) in [4.78, 5) is 11.6. The Morgan fingerprint density at radius 2 is 1.92 bits per heavy atom. The van der Waals surface area contributed by atoms with Gasteiger partial charge in [0.1, 0.15) is 5.54 Å². The van der Waals surface area contributed by atoms with E-state index in [2.05, 4.69) is 5.32 Å². The van der Waals surface area contributed by atoms with Gasteiger partial charge in [-0.05, 0) is 12.7 Å². The van der Waals surface area contributed by atoms with Gasteiger partial charge in [-0.15, -0.1) is 0 Å². The molecule has 0 aromatic rings. The lowest BCUT2D eigenvalue weighted by Crippen LogP contribution is -2.56. The lowest BCUT2D eigenvalue weighted by Gasteiger charge is -2.30. The fraction of sp³-hybridized carbons (Fsp3) is 0.917. The molecule has 2 atom stereocenters. The van der Waals surface area contributed by atoms with E-state index >= 15 is 0 Å². The van der Waals surface area contributed by atoms with Gasteiger partial charge in [-0.3, -0.25) is 4.79 Å². The molecule has 0 radical (unpaired) electrons. The third-order valence-corrected chi connectivity index (χ3v) is 6.68. The van der Waals surface area contributed by atoms with Crippen LogP contribution in [0.3, 0.4) is 0 Å². The third kappa shape index (κ3) is 4.07. The molecule has 6 N–H and O–H groups in total. The van der Waals surface area contributed by atoms with E-state index in [0.717, 1.165) is 4.31 Å². The van der Waals surface area contributed by atoms with Crippen molar-refractivity contribution in [2.45, 2.75) is 24.7 Å².